The molecule has 156 valence electrons. The highest BCUT2D eigenvalue weighted by Gasteiger charge is 2.21. The van der Waals surface area contributed by atoms with Gasteiger partial charge in [0.2, 0.25) is 5.43 Å². The molecule has 3 aromatic carbocycles. The molecule has 4 rings (SSSR count). The molecule has 0 N–H and O–H groups in total. The predicted octanol–water partition coefficient (Wildman–Crippen LogP) is 5.17. The Bertz CT molecular complexity index is 1310. The number of carbonyl (C=O) groups is 1. The van der Waals surface area contributed by atoms with Crippen LogP contribution < -0.4 is 5.43 Å². The maximum atomic E-state index is 14.6. The Balaban J connectivity index is 1.81. The second-order valence-electron chi connectivity index (χ2n) is 7.04. The Morgan fingerprint density at radius 1 is 0.903 bits per heavy atom. The van der Waals surface area contributed by atoms with Crippen molar-refractivity contribution in [2.45, 2.75) is 13.5 Å². The fourth-order valence-corrected chi connectivity index (χ4v) is 3.56. The van der Waals surface area contributed by atoms with Crippen LogP contribution in [0.4, 0.5) is 8.78 Å². The van der Waals surface area contributed by atoms with Crippen LogP contribution >= 0.6 is 0 Å². The van der Waals surface area contributed by atoms with Gasteiger partial charge in [0.25, 0.3) is 0 Å². The molecule has 4 nitrogen and oxygen atoms in total. The quantitative estimate of drug-likeness (QED) is 0.419. The summed E-state index contributed by atoms with van der Waals surface area (Å²) in [6.45, 7) is 1.80. The lowest BCUT2D eigenvalue weighted by Crippen LogP contribution is -2.22. The van der Waals surface area contributed by atoms with Gasteiger partial charge in [-0.25, -0.2) is 13.6 Å². The van der Waals surface area contributed by atoms with Crippen LogP contribution in [-0.4, -0.2) is 17.1 Å². The van der Waals surface area contributed by atoms with Gasteiger partial charge >= 0.3 is 5.97 Å². The average molecular weight is 419 g/mol. The number of hydrogen-bond donors (Lipinski definition) is 0. The van der Waals surface area contributed by atoms with E-state index in [1.165, 1.54) is 10.8 Å². The van der Waals surface area contributed by atoms with E-state index in [-0.39, 0.29) is 24.2 Å². The lowest BCUT2D eigenvalue weighted by atomic mass is 10.0. The minimum Gasteiger partial charge on any atom is -0.462 e. The van der Waals surface area contributed by atoms with Crippen LogP contribution in [-0.2, 0) is 11.3 Å². The molecule has 0 unspecified atom stereocenters. The SMILES string of the molecule is CCOC(=O)c1cn(Cc2ccc(-c3ccccc3)cc2)c2c(F)ccc(F)c2c1=O. The molecule has 1 heterocycles. The van der Waals surface area contributed by atoms with Gasteiger partial charge in [-0.3, -0.25) is 4.79 Å². The minimum atomic E-state index is -0.888. The van der Waals surface area contributed by atoms with Crippen molar-refractivity contribution in [2.24, 2.45) is 0 Å². The lowest BCUT2D eigenvalue weighted by Gasteiger charge is -2.15. The molecule has 0 bridgehead atoms. The summed E-state index contributed by atoms with van der Waals surface area (Å²) in [6.07, 6.45) is 1.23. The van der Waals surface area contributed by atoms with Gasteiger partial charge in [-0.15, -0.1) is 0 Å². The number of halogens is 2. The standard InChI is InChI=1S/C25H19F2NO3/c1-2-31-25(30)19-15-28(23-21(27)13-12-20(26)22(23)24(19)29)14-16-8-10-18(11-9-16)17-6-4-3-5-7-17/h3-13,15H,2,14H2,1H3. The van der Waals surface area contributed by atoms with Crippen LogP contribution in [0.2, 0.25) is 0 Å². The summed E-state index contributed by atoms with van der Waals surface area (Å²) < 4.78 is 35.4. The van der Waals surface area contributed by atoms with E-state index in [1.807, 2.05) is 54.6 Å². The zero-order chi connectivity index (χ0) is 22.0. The molecule has 6 heteroatoms. The monoisotopic (exact) mass is 419 g/mol. The van der Waals surface area contributed by atoms with Gasteiger partial charge in [-0.1, -0.05) is 54.6 Å². The Hall–Kier alpha value is -3.80. The first-order valence-electron chi connectivity index (χ1n) is 9.82. The van der Waals surface area contributed by atoms with E-state index in [9.17, 15) is 18.4 Å². The van der Waals surface area contributed by atoms with Crippen LogP contribution in [0.25, 0.3) is 22.0 Å². The summed E-state index contributed by atoms with van der Waals surface area (Å²) in [5, 5.41) is -0.466. The highest BCUT2D eigenvalue weighted by Crippen LogP contribution is 2.23. The molecule has 0 saturated carbocycles. The van der Waals surface area contributed by atoms with E-state index in [4.69, 9.17) is 4.74 Å². The van der Waals surface area contributed by atoms with E-state index in [2.05, 4.69) is 0 Å². The lowest BCUT2D eigenvalue weighted by molar-refractivity contribution is 0.0524. The summed E-state index contributed by atoms with van der Waals surface area (Å²) >= 11 is 0. The number of rotatable bonds is 5. The first-order chi connectivity index (χ1) is 15.0. The fraction of sp³-hybridized carbons (Fsp3) is 0.120. The maximum Gasteiger partial charge on any atom is 0.343 e. The molecule has 0 aliphatic heterocycles. The number of carbonyl (C=O) groups excluding carboxylic acids is 1. The molecule has 31 heavy (non-hydrogen) atoms. The molecule has 0 fully saturated rings. The highest BCUT2D eigenvalue weighted by molar-refractivity contribution is 5.94. The molecular weight excluding hydrogens is 400 g/mol. The Labute approximate surface area is 177 Å². The first-order valence-corrected chi connectivity index (χ1v) is 9.82. The number of nitrogens with zero attached hydrogens (tertiary/aromatic N) is 1. The van der Waals surface area contributed by atoms with Crippen molar-refractivity contribution in [1.82, 2.24) is 4.57 Å². The predicted molar refractivity (Wildman–Crippen MR) is 115 cm³/mol. The van der Waals surface area contributed by atoms with Crippen molar-refractivity contribution in [3.8, 4) is 11.1 Å². The van der Waals surface area contributed by atoms with Gasteiger partial charge in [-0.05, 0) is 35.7 Å². The molecule has 0 radical (unpaired) electrons. The number of fused-ring (bicyclic) bond motifs is 1. The van der Waals surface area contributed by atoms with Crippen LogP contribution in [0, 0.1) is 11.6 Å². The Morgan fingerprint density at radius 3 is 2.23 bits per heavy atom. The number of pyridine rings is 1. The molecule has 1 aromatic heterocycles. The number of ether oxygens (including phenoxy) is 1. The normalized spacial score (nSPS) is 10.9. The summed E-state index contributed by atoms with van der Waals surface area (Å²) in [5.74, 6) is -2.50. The topological polar surface area (TPSA) is 48.3 Å². The molecular formula is C25H19F2NO3. The van der Waals surface area contributed by atoms with Gasteiger partial charge < -0.3 is 9.30 Å². The van der Waals surface area contributed by atoms with Crippen molar-refractivity contribution in [1.29, 1.82) is 0 Å². The third-order valence-corrected chi connectivity index (χ3v) is 5.03. The summed E-state index contributed by atoms with van der Waals surface area (Å²) in [6, 6.07) is 19.3. The van der Waals surface area contributed by atoms with Crippen LogP contribution in [0.3, 0.4) is 0 Å². The smallest absolute Gasteiger partial charge is 0.343 e. The van der Waals surface area contributed by atoms with E-state index in [0.29, 0.717) is 0 Å². The second kappa shape index (κ2) is 8.52. The van der Waals surface area contributed by atoms with E-state index < -0.39 is 28.4 Å². The fourth-order valence-electron chi connectivity index (χ4n) is 3.56. The number of hydrogen-bond acceptors (Lipinski definition) is 3. The molecule has 0 saturated heterocycles. The van der Waals surface area contributed by atoms with Crippen molar-refractivity contribution in [3.05, 3.63) is 106 Å². The van der Waals surface area contributed by atoms with Crippen LogP contribution in [0.15, 0.2) is 77.7 Å². The Kier molecular flexibility index (Phi) is 5.62. The largest absolute Gasteiger partial charge is 0.462 e. The average Bonchev–Trinajstić information content (AvgIpc) is 2.78. The zero-order valence-corrected chi connectivity index (χ0v) is 16.8. The molecule has 0 amide bonds. The minimum absolute atomic E-state index is 0.0584. The maximum absolute atomic E-state index is 14.6. The third-order valence-electron chi connectivity index (χ3n) is 5.03. The van der Waals surface area contributed by atoms with Crippen molar-refractivity contribution in [3.63, 3.8) is 0 Å². The highest BCUT2D eigenvalue weighted by atomic mass is 19.1. The van der Waals surface area contributed by atoms with Gasteiger partial charge in [-0.2, -0.15) is 0 Å². The van der Waals surface area contributed by atoms with Gasteiger partial charge in [0.15, 0.2) is 0 Å². The van der Waals surface area contributed by atoms with Crippen molar-refractivity contribution in [2.75, 3.05) is 6.61 Å². The van der Waals surface area contributed by atoms with Gasteiger partial charge in [0, 0.05) is 12.7 Å². The molecule has 0 spiro atoms. The van der Waals surface area contributed by atoms with Crippen molar-refractivity contribution >= 4 is 16.9 Å². The van der Waals surface area contributed by atoms with Gasteiger partial charge in [0.1, 0.15) is 17.2 Å². The molecule has 0 atom stereocenters. The van der Waals surface area contributed by atoms with E-state index in [1.54, 1.807) is 6.92 Å². The number of esters is 1. The van der Waals surface area contributed by atoms with Crippen LogP contribution in [0.5, 0.6) is 0 Å². The van der Waals surface area contributed by atoms with Crippen LogP contribution in [0.1, 0.15) is 22.8 Å². The number of aromatic nitrogens is 1. The third kappa shape index (κ3) is 3.97. The zero-order valence-electron chi connectivity index (χ0n) is 16.8. The van der Waals surface area contributed by atoms with Gasteiger partial charge in [0.05, 0.1) is 17.5 Å². The molecule has 4 aromatic rings. The van der Waals surface area contributed by atoms with E-state index in [0.717, 1.165) is 28.8 Å². The first kappa shape index (κ1) is 20.5. The summed E-state index contributed by atoms with van der Waals surface area (Å²) in [4.78, 5) is 25.0. The summed E-state index contributed by atoms with van der Waals surface area (Å²) in [5.41, 5.74) is 1.45. The summed E-state index contributed by atoms with van der Waals surface area (Å²) in [7, 11) is 0. The molecule has 0 aliphatic rings. The number of benzene rings is 3. The van der Waals surface area contributed by atoms with Crippen molar-refractivity contribution < 1.29 is 18.3 Å². The second-order valence-corrected chi connectivity index (χ2v) is 7.04. The molecule has 0 aliphatic carbocycles. The van der Waals surface area contributed by atoms with E-state index >= 15 is 0 Å². The Morgan fingerprint density at radius 2 is 1.55 bits per heavy atom.